The van der Waals surface area contributed by atoms with Crippen molar-refractivity contribution in [1.29, 1.82) is 0 Å². The van der Waals surface area contributed by atoms with E-state index in [1.54, 1.807) is 18.2 Å². The van der Waals surface area contributed by atoms with Gasteiger partial charge in [0.2, 0.25) is 0 Å². The number of β-amino-alcohol motifs (C(OH)–C–C–N with tert-alkyl or cyclic N) is 1. The second-order valence-corrected chi connectivity index (χ2v) is 4.67. The molecule has 1 aromatic carbocycles. The van der Waals surface area contributed by atoms with E-state index in [1.807, 2.05) is 11.9 Å². The van der Waals surface area contributed by atoms with Crippen LogP contribution in [0.25, 0.3) is 0 Å². The number of aliphatic hydroxyl groups is 1. The zero-order valence-corrected chi connectivity index (χ0v) is 9.31. The number of nitrogens with zero attached hydrogens (tertiary/aromatic N) is 1. The fourth-order valence-electron chi connectivity index (χ4n) is 1.88. The minimum absolute atomic E-state index is 0.535. The Morgan fingerprint density at radius 3 is 2.50 bits per heavy atom. The minimum atomic E-state index is -0.795. The summed E-state index contributed by atoms with van der Waals surface area (Å²) in [5.41, 5.74) is -0.0298. The molecule has 4 heteroatoms. The molecular weight excluding hydrogens is 221 g/mol. The third-order valence-corrected chi connectivity index (χ3v) is 3.04. The first-order valence-electron chi connectivity index (χ1n) is 4.38. The molecule has 76 valence electrons. The predicted molar refractivity (Wildman–Crippen MR) is 57.9 cm³/mol. The van der Waals surface area contributed by atoms with E-state index in [9.17, 15) is 5.11 Å². The highest BCUT2D eigenvalue weighted by Crippen LogP contribution is 2.36. The van der Waals surface area contributed by atoms with Gasteiger partial charge in [0.1, 0.15) is 5.60 Å². The SMILES string of the molecule is CN1CC(O)(c2ccc(Cl)cc2Cl)C1. The number of benzene rings is 1. The van der Waals surface area contributed by atoms with E-state index < -0.39 is 5.60 Å². The highest BCUT2D eigenvalue weighted by molar-refractivity contribution is 6.35. The average Bonchev–Trinajstić information content (AvgIpc) is 2.00. The summed E-state index contributed by atoms with van der Waals surface area (Å²) < 4.78 is 0. The van der Waals surface area contributed by atoms with Crippen LogP contribution in [0.4, 0.5) is 0 Å². The van der Waals surface area contributed by atoms with Gasteiger partial charge in [-0.1, -0.05) is 29.3 Å². The Morgan fingerprint density at radius 2 is 2.00 bits per heavy atom. The van der Waals surface area contributed by atoms with Gasteiger partial charge >= 0.3 is 0 Å². The first kappa shape index (κ1) is 10.2. The summed E-state index contributed by atoms with van der Waals surface area (Å²) in [6, 6.07) is 5.20. The maximum Gasteiger partial charge on any atom is 0.116 e. The summed E-state index contributed by atoms with van der Waals surface area (Å²) in [6.45, 7) is 1.24. The van der Waals surface area contributed by atoms with Gasteiger partial charge in [0, 0.05) is 28.7 Å². The Bertz CT molecular complexity index is 361. The van der Waals surface area contributed by atoms with Gasteiger partial charge in [0.05, 0.1) is 0 Å². The quantitative estimate of drug-likeness (QED) is 0.801. The number of likely N-dealkylation sites (N-methyl/N-ethyl adjacent to an activating group) is 1. The maximum absolute atomic E-state index is 10.2. The molecule has 0 bridgehead atoms. The smallest absolute Gasteiger partial charge is 0.116 e. The van der Waals surface area contributed by atoms with Crippen molar-refractivity contribution in [2.24, 2.45) is 0 Å². The third-order valence-electron chi connectivity index (χ3n) is 2.50. The predicted octanol–water partition coefficient (Wildman–Crippen LogP) is 2.13. The summed E-state index contributed by atoms with van der Waals surface area (Å²) in [7, 11) is 1.96. The lowest BCUT2D eigenvalue weighted by molar-refractivity contribution is -0.0917. The van der Waals surface area contributed by atoms with Crippen LogP contribution in [0.2, 0.25) is 10.0 Å². The summed E-state index contributed by atoms with van der Waals surface area (Å²) in [5, 5.41) is 11.3. The highest BCUT2D eigenvalue weighted by atomic mass is 35.5. The van der Waals surface area contributed by atoms with Crippen LogP contribution in [-0.2, 0) is 5.60 Å². The van der Waals surface area contributed by atoms with Gasteiger partial charge in [-0.15, -0.1) is 0 Å². The Hall–Kier alpha value is -0.280. The zero-order valence-electron chi connectivity index (χ0n) is 7.80. The number of halogens is 2. The molecule has 0 atom stereocenters. The van der Waals surface area contributed by atoms with Gasteiger partial charge in [-0.05, 0) is 19.2 Å². The number of rotatable bonds is 1. The van der Waals surface area contributed by atoms with E-state index >= 15 is 0 Å². The van der Waals surface area contributed by atoms with Crippen molar-refractivity contribution in [2.75, 3.05) is 20.1 Å². The molecule has 2 nitrogen and oxygen atoms in total. The number of hydrogen-bond acceptors (Lipinski definition) is 2. The second-order valence-electron chi connectivity index (χ2n) is 3.83. The van der Waals surface area contributed by atoms with E-state index in [0.29, 0.717) is 23.1 Å². The molecule has 1 fully saturated rings. The van der Waals surface area contributed by atoms with E-state index in [-0.39, 0.29) is 0 Å². The lowest BCUT2D eigenvalue weighted by atomic mass is 9.87. The summed E-state index contributed by atoms with van der Waals surface area (Å²) in [4.78, 5) is 2.03. The minimum Gasteiger partial charge on any atom is -0.382 e. The summed E-state index contributed by atoms with van der Waals surface area (Å²) >= 11 is 11.8. The highest BCUT2D eigenvalue weighted by Gasteiger charge is 2.41. The summed E-state index contributed by atoms with van der Waals surface area (Å²) in [5.74, 6) is 0. The molecule has 14 heavy (non-hydrogen) atoms. The molecule has 1 aromatic rings. The molecule has 0 saturated carbocycles. The Labute approximate surface area is 93.0 Å². The molecule has 0 aromatic heterocycles. The van der Waals surface area contributed by atoms with E-state index in [1.165, 1.54) is 0 Å². The van der Waals surface area contributed by atoms with Crippen LogP contribution in [-0.4, -0.2) is 30.1 Å². The fourth-order valence-corrected chi connectivity index (χ4v) is 2.47. The van der Waals surface area contributed by atoms with Crippen molar-refractivity contribution in [1.82, 2.24) is 4.90 Å². The van der Waals surface area contributed by atoms with Gasteiger partial charge in [-0.25, -0.2) is 0 Å². The van der Waals surface area contributed by atoms with Gasteiger partial charge in [-0.3, -0.25) is 4.90 Å². The number of likely N-dealkylation sites (tertiary alicyclic amines) is 1. The molecule has 1 heterocycles. The van der Waals surface area contributed by atoms with Crippen molar-refractivity contribution in [2.45, 2.75) is 5.60 Å². The fraction of sp³-hybridized carbons (Fsp3) is 0.400. The van der Waals surface area contributed by atoms with Gasteiger partial charge in [0.15, 0.2) is 0 Å². The van der Waals surface area contributed by atoms with Crippen molar-refractivity contribution in [3.8, 4) is 0 Å². The van der Waals surface area contributed by atoms with Gasteiger partial charge < -0.3 is 5.11 Å². The molecule has 2 rings (SSSR count). The molecule has 0 unspecified atom stereocenters. The lowest BCUT2D eigenvalue weighted by Gasteiger charge is -2.45. The van der Waals surface area contributed by atoms with Crippen LogP contribution in [0.1, 0.15) is 5.56 Å². The molecular formula is C10H11Cl2NO. The Morgan fingerprint density at radius 1 is 1.36 bits per heavy atom. The van der Waals surface area contributed by atoms with Crippen molar-refractivity contribution >= 4 is 23.2 Å². The van der Waals surface area contributed by atoms with E-state index in [0.717, 1.165) is 5.56 Å². The maximum atomic E-state index is 10.2. The van der Waals surface area contributed by atoms with Gasteiger partial charge in [-0.2, -0.15) is 0 Å². The molecule has 0 amide bonds. The van der Waals surface area contributed by atoms with Crippen LogP contribution in [0, 0.1) is 0 Å². The van der Waals surface area contributed by atoms with Crippen LogP contribution >= 0.6 is 23.2 Å². The molecule has 1 aliphatic rings. The molecule has 0 spiro atoms. The Balaban J connectivity index is 2.33. The first-order chi connectivity index (χ1) is 6.51. The Kier molecular flexibility index (Phi) is 2.48. The topological polar surface area (TPSA) is 23.5 Å². The molecule has 1 N–H and O–H groups in total. The molecule has 1 saturated heterocycles. The molecule has 1 aliphatic heterocycles. The number of hydrogen-bond donors (Lipinski definition) is 1. The largest absolute Gasteiger partial charge is 0.382 e. The third kappa shape index (κ3) is 1.63. The first-order valence-corrected chi connectivity index (χ1v) is 5.13. The van der Waals surface area contributed by atoms with Crippen LogP contribution in [0.5, 0.6) is 0 Å². The lowest BCUT2D eigenvalue weighted by Crippen LogP contribution is -2.57. The second kappa shape index (κ2) is 3.38. The van der Waals surface area contributed by atoms with Crippen LogP contribution < -0.4 is 0 Å². The van der Waals surface area contributed by atoms with Crippen LogP contribution in [0.15, 0.2) is 18.2 Å². The summed E-state index contributed by atoms with van der Waals surface area (Å²) in [6.07, 6.45) is 0. The zero-order chi connectivity index (χ0) is 10.3. The molecule has 0 radical (unpaired) electrons. The monoisotopic (exact) mass is 231 g/mol. The van der Waals surface area contributed by atoms with Gasteiger partial charge in [0.25, 0.3) is 0 Å². The van der Waals surface area contributed by atoms with E-state index in [4.69, 9.17) is 23.2 Å². The van der Waals surface area contributed by atoms with Crippen molar-refractivity contribution < 1.29 is 5.11 Å². The van der Waals surface area contributed by atoms with Crippen molar-refractivity contribution in [3.63, 3.8) is 0 Å². The van der Waals surface area contributed by atoms with Crippen molar-refractivity contribution in [3.05, 3.63) is 33.8 Å². The van der Waals surface area contributed by atoms with Crippen LogP contribution in [0.3, 0.4) is 0 Å². The van der Waals surface area contributed by atoms with E-state index in [2.05, 4.69) is 0 Å². The molecule has 0 aliphatic carbocycles. The standard InChI is InChI=1S/C10H11Cl2NO/c1-13-5-10(14,6-13)8-3-2-7(11)4-9(8)12/h2-4,14H,5-6H2,1H3. The average molecular weight is 232 g/mol. The normalized spacial score (nSPS) is 20.6.